The van der Waals surface area contributed by atoms with Crippen LogP contribution in [0.2, 0.25) is 0 Å². The molecule has 0 amide bonds. The first-order valence-corrected chi connectivity index (χ1v) is 7.97. The Labute approximate surface area is 119 Å². The second kappa shape index (κ2) is 5.82. The number of nitrogens with two attached hydrogens (primary N) is 1. The maximum Gasteiger partial charge on any atom is 0.242 e. The Balaban J connectivity index is 2.21. The van der Waals surface area contributed by atoms with Crippen LogP contribution in [0.25, 0.3) is 10.9 Å². The maximum atomic E-state index is 12.3. The fraction of sp³-hybridized carbons (Fsp3) is 0.385. The van der Waals surface area contributed by atoms with Gasteiger partial charge in [0.05, 0.1) is 0 Å². The summed E-state index contributed by atoms with van der Waals surface area (Å²) in [6.45, 7) is 3.95. The van der Waals surface area contributed by atoms with Crippen LogP contribution in [-0.4, -0.2) is 45.0 Å². The minimum atomic E-state index is -3.53. The van der Waals surface area contributed by atoms with Crippen molar-refractivity contribution in [3.05, 3.63) is 24.4 Å². The lowest BCUT2D eigenvalue weighted by Crippen LogP contribution is -2.32. The molecule has 0 aliphatic rings. The molecule has 0 spiro atoms. The lowest BCUT2D eigenvalue weighted by atomic mass is 10.2. The molecule has 110 valence electrons. The summed E-state index contributed by atoms with van der Waals surface area (Å²) in [5, 5.41) is 0.612. The van der Waals surface area contributed by atoms with Gasteiger partial charge in [-0.15, -0.1) is 0 Å². The molecule has 0 aliphatic heterocycles. The van der Waals surface area contributed by atoms with Gasteiger partial charge in [-0.05, 0) is 31.8 Å². The van der Waals surface area contributed by atoms with Gasteiger partial charge in [0.15, 0.2) is 0 Å². The molecule has 0 fully saturated rings. The molecule has 0 radical (unpaired) electrons. The number of aromatic nitrogens is 1. The number of H-pyrrole nitrogens is 1. The normalized spacial score (nSPS) is 12.3. The molecule has 0 unspecified atom stereocenters. The van der Waals surface area contributed by atoms with Gasteiger partial charge < -0.3 is 15.6 Å². The first kappa shape index (κ1) is 14.8. The van der Waals surface area contributed by atoms with Crippen molar-refractivity contribution in [3.63, 3.8) is 0 Å². The number of aromatic amines is 1. The zero-order valence-electron chi connectivity index (χ0n) is 11.7. The van der Waals surface area contributed by atoms with Crippen LogP contribution in [0.15, 0.2) is 29.3 Å². The van der Waals surface area contributed by atoms with E-state index in [1.165, 1.54) is 6.20 Å². The number of likely N-dealkylation sites (N-methyl/N-ethyl adjacent to an activating group) is 1. The molecule has 0 atom stereocenters. The molecule has 0 saturated carbocycles. The highest BCUT2D eigenvalue weighted by atomic mass is 32.2. The third-order valence-corrected chi connectivity index (χ3v) is 4.78. The monoisotopic (exact) mass is 296 g/mol. The molecule has 0 saturated heterocycles. The quantitative estimate of drug-likeness (QED) is 0.693. The summed E-state index contributed by atoms with van der Waals surface area (Å²) in [5.41, 5.74) is 7.01. The van der Waals surface area contributed by atoms with E-state index in [-0.39, 0.29) is 4.90 Å². The van der Waals surface area contributed by atoms with E-state index in [0.717, 1.165) is 12.1 Å². The van der Waals surface area contributed by atoms with Crippen molar-refractivity contribution in [3.8, 4) is 0 Å². The van der Waals surface area contributed by atoms with Gasteiger partial charge in [0, 0.05) is 35.9 Å². The van der Waals surface area contributed by atoms with E-state index < -0.39 is 10.0 Å². The molecular formula is C13H20N4O2S. The minimum absolute atomic E-state index is 0.235. The van der Waals surface area contributed by atoms with E-state index in [4.69, 9.17) is 5.73 Å². The predicted octanol–water partition coefficient (Wildman–Crippen LogP) is 0.980. The summed E-state index contributed by atoms with van der Waals surface area (Å²) in [6.07, 6.45) is 1.50. The topological polar surface area (TPSA) is 91.2 Å². The molecule has 6 nitrogen and oxygen atoms in total. The Kier molecular flexibility index (Phi) is 4.32. The molecule has 1 heterocycles. The smallest absolute Gasteiger partial charge is 0.242 e. The van der Waals surface area contributed by atoms with Gasteiger partial charge in [-0.1, -0.05) is 6.92 Å². The summed E-state index contributed by atoms with van der Waals surface area (Å²) >= 11 is 0. The van der Waals surface area contributed by atoms with Crippen LogP contribution >= 0.6 is 0 Å². The van der Waals surface area contributed by atoms with Crippen LogP contribution in [0.1, 0.15) is 6.92 Å². The van der Waals surface area contributed by atoms with E-state index in [0.29, 0.717) is 24.2 Å². The SMILES string of the molecule is CCN(C)CCNS(=O)(=O)c1c[nH]c2ccc(N)cc12. The van der Waals surface area contributed by atoms with Gasteiger partial charge in [-0.3, -0.25) is 0 Å². The third-order valence-electron chi connectivity index (χ3n) is 3.28. The van der Waals surface area contributed by atoms with Gasteiger partial charge in [-0.2, -0.15) is 0 Å². The van der Waals surface area contributed by atoms with Crippen LogP contribution in [0, 0.1) is 0 Å². The highest BCUT2D eigenvalue weighted by Crippen LogP contribution is 2.24. The van der Waals surface area contributed by atoms with Gasteiger partial charge in [0.2, 0.25) is 10.0 Å². The Hall–Kier alpha value is -1.57. The van der Waals surface area contributed by atoms with Crippen molar-refractivity contribution in [2.75, 3.05) is 32.4 Å². The lowest BCUT2D eigenvalue weighted by molar-refractivity contribution is 0.358. The van der Waals surface area contributed by atoms with Crippen LogP contribution in [0.3, 0.4) is 0 Å². The average Bonchev–Trinajstić information content (AvgIpc) is 2.81. The van der Waals surface area contributed by atoms with Crippen LogP contribution in [-0.2, 0) is 10.0 Å². The number of rotatable bonds is 6. The number of anilines is 1. The number of fused-ring (bicyclic) bond motifs is 1. The Bertz CT molecular complexity index is 693. The van der Waals surface area contributed by atoms with Crippen LogP contribution < -0.4 is 10.5 Å². The van der Waals surface area contributed by atoms with Gasteiger partial charge in [0.25, 0.3) is 0 Å². The molecule has 1 aromatic heterocycles. The predicted molar refractivity (Wildman–Crippen MR) is 81.1 cm³/mol. The van der Waals surface area contributed by atoms with E-state index in [1.807, 2.05) is 18.9 Å². The lowest BCUT2D eigenvalue weighted by Gasteiger charge is -2.13. The van der Waals surface area contributed by atoms with Crippen molar-refractivity contribution in [1.29, 1.82) is 0 Å². The Morgan fingerprint density at radius 1 is 1.40 bits per heavy atom. The van der Waals surface area contributed by atoms with Crippen molar-refractivity contribution < 1.29 is 8.42 Å². The molecule has 0 bridgehead atoms. The van der Waals surface area contributed by atoms with Crippen molar-refractivity contribution >= 4 is 26.6 Å². The fourth-order valence-electron chi connectivity index (χ4n) is 1.94. The number of nitrogens with zero attached hydrogens (tertiary/aromatic N) is 1. The Morgan fingerprint density at radius 2 is 2.15 bits per heavy atom. The molecule has 1 aromatic carbocycles. The summed E-state index contributed by atoms with van der Waals surface area (Å²) in [6, 6.07) is 5.17. The average molecular weight is 296 g/mol. The first-order chi connectivity index (χ1) is 9.44. The van der Waals surface area contributed by atoms with Crippen LogP contribution in [0.5, 0.6) is 0 Å². The second-order valence-electron chi connectivity index (χ2n) is 4.75. The number of hydrogen-bond acceptors (Lipinski definition) is 4. The Morgan fingerprint density at radius 3 is 2.85 bits per heavy atom. The van der Waals surface area contributed by atoms with Gasteiger partial charge in [0.1, 0.15) is 4.90 Å². The fourth-order valence-corrected chi connectivity index (χ4v) is 3.13. The molecule has 2 aromatic rings. The first-order valence-electron chi connectivity index (χ1n) is 6.49. The molecule has 7 heteroatoms. The van der Waals surface area contributed by atoms with Crippen LogP contribution in [0.4, 0.5) is 5.69 Å². The minimum Gasteiger partial charge on any atom is -0.399 e. The second-order valence-corrected chi connectivity index (χ2v) is 6.49. The highest BCUT2D eigenvalue weighted by Gasteiger charge is 2.18. The molecule has 20 heavy (non-hydrogen) atoms. The molecule has 0 aliphatic carbocycles. The number of hydrogen-bond donors (Lipinski definition) is 3. The molecule has 2 rings (SSSR count). The summed E-state index contributed by atoms with van der Waals surface area (Å²) < 4.78 is 27.2. The largest absolute Gasteiger partial charge is 0.399 e. The van der Waals surface area contributed by atoms with E-state index in [2.05, 4.69) is 9.71 Å². The summed E-state index contributed by atoms with van der Waals surface area (Å²) in [7, 11) is -1.58. The van der Waals surface area contributed by atoms with E-state index >= 15 is 0 Å². The third kappa shape index (κ3) is 3.12. The van der Waals surface area contributed by atoms with E-state index in [1.54, 1.807) is 18.2 Å². The number of benzene rings is 1. The molecular weight excluding hydrogens is 276 g/mol. The standard InChI is InChI=1S/C13H20N4O2S/c1-3-17(2)7-6-16-20(18,19)13-9-15-12-5-4-10(14)8-11(12)13/h4-5,8-9,15-16H,3,6-7,14H2,1-2H3. The van der Waals surface area contributed by atoms with Gasteiger partial charge >= 0.3 is 0 Å². The number of sulfonamides is 1. The van der Waals surface area contributed by atoms with E-state index in [9.17, 15) is 8.42 Å². The zero-order chi connectivity index (χ0) is 14.8. The number of nitrogen functional groups attached to an aromatic ring is 1. The van der Waals surface area contributed by atoms with Gasteiger partial charge in [-0.25, -0.2) is 13.1 Å². The maximum absolute atomic E-state index is 12.3. The summed E-state index contributed by atoms with van der Waals surface area (Å²) in [4.78, 5) is 5.22. The molecule has 4 N–H and O–H groups in total. The number of nitrogens with one attached hydrogen (secondary N) is 2. The van der Waals surface area contributed by atoms with Crippen molar-refractivity contribution in [2.24, 2.45) is 0 Å². The van der Waals surface area contributed by atoms with Crippen molar-refractivity contribution in [1.82, 2.24) is 14.6 Å². The van der Waals surface area contributed by atoms with Crippen molar-refractivity contribution in [2.45, 2.75) is 11.8 Å². The zero-order valence-corrected chi connectivity index (χ0v) is 12.5. The summed E-state index contributed by atoms with van der Waals surface area (Å²) in [5.74, 6) is 0. The highest BCUT2D eigenvalue weighted by molar-refractivity contribution is 7.89.